The molecule has 2 aromatic rings. The van der Waals surface area contributed by atoms with E-state index in [9.17, 15) is 29.6 Å². The monoisotopic (exact) mass is 462 g/mol. The number of aromatic carboxylic acids is 1. The summed E-state index contributed by atoms with van der Waals surface area (Å²) in [4.78, 5) is 44.6. The number of nitrogens with one attached hydrogen (secondary N) is 1. The van der Waals surface area contributed by atoms with E-state index in [2.05, 4.69) is 15.5 Å². The molecule has 1 aromatic carbocycles. The lowest BCUT2D eigenvalue weighted by Crippen LogP contribution is -2.54. The van der Waals surface area contributed by atoms with Gasteiger partial charge in [-0.05, 0) is 31.9 Å². The number of oxime groups is 1. The van der Waals surface area contributed by atoms with Crippen LogP contribution in [-0.2, 0) is 20.8 Å². The van der Waals surface area contributed by atoms with Gasteiger partial charge in [-0.15, -0.1) is 11.3 Å². The fraction of sp³-hybridized carbons (Fsp3) is 0.278. The largest absolute Gasteiger partial charge is 0.547 e. The summed E-state index contributed by atoms with van der Waals surface area (Å²) in [6.07, 6.45) is 0.0668. The highest BCUT2D eigenvalue weighted by molar-refractivity contribution is 7.13. The first-order valence-electron chi connectivity index (χ1n) is 9.21. The Morgan fingerprint density at radius 2 is 2.09 bits per heavy atom. The average molecular weight is 462 g/mol. The summed E-state index contributed by atoms with van der Waals surface area (Å²) in [6, 6.07) is 4.47. The summed E-state index contributed by atoms with van der Waals surface area (Å²) in [5.41, 5.74) is 3.94. The van der Waals surface area contributed by atoms with Crippen molar-refractivity contribution in [3.05, 3.63) is 40.4 Å². The first kappa shape index (κ1) is 23.0. The maximum Gasteiger partial charge on any atom is 0.547 e. The summed E-state index contributed by atoms with van der Waals surface area (Å²) in [5, 5.41) is 36.6. The second-order valence-corrected chi connectivity index (χ2v) is 8.20. The molecule has 1 aliphatic rings. The number of amides is 1. The van der Waals surface area contributed by atoms with Gasteiger partial charge in [-0.1, -0.05) is 17.3 Å². The molecule has 1 atom stereocenters. The van der Waals surface area contributed by atoms with Gasteiger partial charge in [-0.2, -0.15) is 0 Å². The summed E-state index contributed by atoms with van der Waals surface area (Å²) < 4.78 is 5.35. The molecule has 0 saturated heterocycles. The van der Waals surface area contributed by atoms with Gasteiger partial charge in [0, 0.05) is 5.38 Å². The standard InChI is InChI=1S/C18H19BN4O8S/c1-18(2,16(27)28)31-23-12(10-7-32-17(20)21-10)14(24)22-11-6-8-4-3-5-9(15(25)26)13(8)30-19(11)29/h3-5,7,11,29H,6H2,1-2H3,(H2,20,21)(H,22,24)(H,25,26)(H,27,28)/b23-12-/t11-/m0/s1. The van der Waals surface area contributed by atoms with E-state index in [-0.39, 0.29) is 34.3 Å². The third kappa shape index (κ3) is 4.81. The number of carbonyl (C=O) groups excluding carboxylic acids is 1. The number of nitrogens with two attached hydrogens (primary N) is 1. The van der Waals surface area contributed by atoms with Crippen LogP contribution in [0.2, 0.25) is 0 Å². The highest BCUT2D eigenvalue weighted by atomic mass is 32.1. The number of carboxylic acids is 2. The Bertz CT molecular complexity index is 1100. The smallest absolute Gasteiger partial charge is 0.534 e. The van der Waals surface area contributed by atoms with Crippen molar-refractivity contribution < 1.29 is 39.1 Å². The minimum absolute atomic E-state index is 0.0192. The lowest BCUT2D eigenvalue weighted by molar-refractivity contribution is -0.161. The number of rotatable bonds is 7. The number of nitrogens with zero attached hydrogens (tertiary/aromatic N) is 2. The number of fused-ring (bicyclic) bond motifs is 1. The number of benzene rings is 1. The minimum atomic E-state index is -1.73. The van der Waals surface area contributed by atoms with Gasteiger partial charge in [0.25, 0.3) is 5.91 Å². The Kier molecular flexibility index (Phi) is 6.36. The van der Waals surface area contributed by atoms with Crippen LogP contribution in [-0.4, -0.2) is 62.4 Å². The van der Waals surface area contributed by atoms with Gasteiger partial charge in [0.2, 0.25) is 5.60 Å². The topological polar surface area (TPSA) is 194 Å². The van der Waals surface area contributed by atoms with Crippen LogP contribution in [0.15, 0.2) is 28.7 Å². The molecule has 1 aliphatic heterocycles. The van der Waals surface area contributed by atoms with E-state index >= 15 is 0 Å². The molecule has 0 radical (unpaired) electrons. The number of aromatic nitrogens is 1. The second kappa shape index (κ2) is 8.84. The van der Waals surface area contributed by atoms with Crippen LogP contribution in [0.25, 0.3) is 0 Å². The molecule has 0 aliphatic carbocycles. The number of aliphatic carboxylic acids is 1. The minimum Gasteiger partial charge on any atom is -0.534 e. The van der Waals surface area contributed by atoms with Crippen molar-refractivity contribution in [3.8, 4) is 5.75 Å². The van der Waals surface area contributed by atoms with Crippen LogP contribution in [0, 0.1) is 0 Å². The molecule has 0 fully saturated rings. The van der Waals surface area contributed by atoms with E-state index in [0.29, 0.717) is 5.56 Å². The van der Waals surface area contributed by atoms with Gasteiger partial charge in [0.05, 0.1) is 11.5 Å². The SMILES string of the molecule is CC(C)(O/N=C(\C(=O)N[C@H]1Cc2cccc(C(=O)O)c2OB1O)c1csc(N)n1)C(=O)O. The first-order valence-corrected chi connectivity index (χ1v) is 10.1. The zero-order valence-corrected chi connectivity index (χ0v) is 17.8. The normalized spacial score (nSPS) is 16.0. The lowest BCUT2D eigenvalue weighted by atomic mass is 9.72. The fourth-order valence-corrected chi connectivity index (χ4v) is 3.30. The number of para-hydroxylation sites is 1. The van der Waals surface area contributed by atoms with Gasteiger partial charge in [-0.3, -0.25) is 4.79 Å². The van der Waals surface area contributed by atoms with Gasteiger partial charge in [0.15, 0.2) is 10.8 Å². The third-order valence-electron chi connectivity index (χ3n) is 4.53. The highest BCUT2D eigenvalue weighted by Crippen LogP contribution is 2.30. The zero-order valence-electron chi connectivity index (χ0n) is 16.9. The highest BCUT2D eigenvalue weighted by Gasteiger charge is 2.39. The molecule has 0 spiro atoms. The van der Waals surface area contributed by atoms with Crippen LogP contribution >= 0.6 is 11.3 Å². The Labute approximate surface area is 185 Å². The molecule has 1 amide bonds. The van der Waals surface area contributed by atoms with E-state index in [1.54, 1.807) is 6.07 Å². The second-order valence-electron chi connectivity index (χ2n) is 7.31. The van der Waals surface area contributed by atoms with E-state index < -0.39 is 36.5 Å². The quantitative estimate of drug-likeness (QED) is 0.215. The van der Waals surface area contributed by atoms with E-state index in [1.165, 1.54) is 31.4 Å². The fourth-order valence-electron chi connectivity index (χ4n) is 2.75. The Hall–Kier alpha value is -3.65. The molecule has 168 valence electrons. The van der Waals surface area contributed by atoms with Crippen molar-refractivity contribution in [1.29, 1.82) is 0 Å². The van der Waals surface area contributed by atoms with Gasteiger partial charge in [-0.25, -0.2) is 14.6 Å². The van der Waals surface area contributed by atoms with Gasteiger partial charge >= 0.3 is 19.1 Å². The molecule has 0 unspecified atom stereocenters. The Balaban J connectivity index is 1.85. The van der Waals surface area contributed by atoms with Gasteiger partial charge < -0.3 is 35.8 Å². The predicted octanol–water partition coefficient (Wildman–Crippen LogP) is 0.147. The number of anilines is 1. The van der Waals surface area contributed by atoms with Crippen molar-refractivity contribution >= 4 is 47.1 Å². The van der Waals surface area contributed by atoms with Crippen molar-refractivity contribution in [2.45, 2.75) is 31.8 Å². The van der Waals surface area contributed by atoms with Crippen molar-refractivity contribution in [1.82, 2.24) is 10.3 Å². The molecule has 32 heavy (non-hydrogen) atoms. The molecule has 3 rings (SSSR count). The molecule has 2 heterocycles. The van der Waals surface area contributed by atoms with Crippen molar-refractivity contribution in [2.75, 3.05) is 5.73 Å². The molecule has 0 bridgehead atoms. The maximum absolute atomic E-state index is 12.9. The number of nitrogen functional groups attached to an aromatic ring is 1. The number of carboxylic acid groups (broad SMARTS) is 2. The summed E-state index contributed by atoms with van der Waals surface area (Å²) in [7, 11) is -1.55. The van der Waals surface area contributed by atoms with Crippen LogP contribution in [0.3, 0.4) is 0 Å². The number of carbonyl (C=O) groups is 3. The molecule has 1 aromatic heterocycles. The lowest BCUT2D eigenvalue weighted by Gasteiger charge is -2.28. The van der Waals surface area contributed by atoms with Crippen molar-refractivity contribution in [2.24, 2.45) is 5.16 Å². The number of thiazole rings is 1. The molecular formula is C18H19BN4O8S. The molecule has 0 saturated carbocycles. The Morgan fingerprint density at radius 1 is 1.38 bits per heavy atom. The first-order chi connectivity index (χ1) is 15.0. The average Bonchev–Trinajstić information content (AvgIpc) is 3.13. The third-order valence-corrected chi connectivity index (χ3v) is 5.20. The van der Waals surface area contributed by atoms with Crippen LogP contribution in [0.4, 0.5) is 5.13 Å². The van der Waals surface area contributed by atoms with Gasteiger partial charge in [0.1, 0.15) is 11.4 Å². The van der Waals surface area contributed by atoms with Crippen LogP contribution < -0.4 is 15.7 Å². The summed E-state index contributed by atoms with van der Waals surface area (Å²) >= 11 is 1.04. The maximum atomic E-state index is 12.9. The van der Waals surface area contributed by atoms with E-state index in [4.69, 9.17) is 15.2 Å². The van der Waals surface area contributed by atoms with Crippen molar-refractivity contribution in [3.63, 3.8) is 0 Å². The van der Waals surface area contributed by atoms with Crippen LogP contribution in [0.1, 0.15) is 35.5 Å². The molecule has 6 N–H and O–H groups in total. The van der Waals surface area contributed by atoms with E-state index in [1.807, 2.05) is 0 Å². The van der Waals surface area contributed by atoms with E-state index in [0.717, 1.165) is 11.3 Å². The van der Waals surface area contributed by atoms with Crippen LogP contribution in [0.5, 0.6) is 5.75 Å². The Morgan fingerprint density at radius 3 is 2.69 bits per heavy atom. The summed E-state index contributed by atoms with van der Waals surface area (Å²) in [5.74, 6) is -4.30. The summed E-state index contributed by atoms with van der Waals surface area (Å²) in [6.45, 7) is 2.50. The molecule has 14 heteroatoms. The zero-order chi connectivity index (χ0) is 23.6. The molecule has 12 nitrogen and oxygen atoms in total. The number of hydrogen-bond acceptors (Lipinski definition) is 10. The number of hydrogen-bond donors (Lipinski definition) is 5. The molecular weight excluding hydrogens is 443 g/mol. The predicted molar refractivity (Wildman–Crippen MR) is 114 cm³/mol.